The van der Waals surface area contributed by atoms with Crippen LogP contribution in [0.2, 0.25) is 0 Å². The molecule has 4 rings (SSSR count). The van der Waals surface area contributed by atoms with Crippen molar-refractivity contribution in [2.24, 2.45) is 0 Å². The summed E-state index contributed by atoms with van der Waals surface area (Å²) in [7, 11) is 0. The van der Waals surface area contributed by atoms with Crippen LogP contribution in [0, 0.1) is 0 Å². The van der Waals surface area contributed by atoms with Crippen LogP contribution in [0.25, 0.3) is 0 Å². The van der Waals surface area contributed by atoms with Gasteiger partial charge in [0.1, 0.15) is 5.75 Å². The number of rotatable bonds is 4. The zero-order valence-electron chi connectivity index (χ0n) is 13.6. The third-order valence-electron chi connectivity index (χ3n) is 4.44. The minimum absolute atomic E-state index is 0.379. The number of aromatic nitrogens is 2. The fourth-order valence-electron chi connectivity index (χ4n) is 3.16. The largest absolute Gasteiger partial charge is 0.424 e. The first-order valence-electron chi connectivity index (χ1n) is 8.14. The van der Waals surface area contributed by atoms with Crippen molar-refractivity contribution in [3.05, 3.63) is 70.2 Å². The van der Waals surface area contributed by atoms with Gasteiger partial charge in [0.2, 0.25) is 0 Å². The zero-order valence-corrected chi connectivity index (χ0v) is 14.4. The molecule has 1 aliphatic heterocycles. The molecule has 1 aromatic carbocycles. The first kappa shape index (κ1) is 15.3. The summed E-state index contributed by atoms with van der Waals surface area (Å²) < 4.78 is 5.74. The molecule has 0 bridgehead atoms. The van der Waals surface area contributed by atoms with E-state index in [9.17, 15) is 0 Å². The molecule has 122 valence electrons. The van der Waals surface area contributed by atoms with E-state index in [0.717, 1.165) is 25.3 Å². The van der Waals surface area contributed by atoms with Crippen molar-refractivity contribution in [3.8, 4) is 11.8 Å². The lowest BCUT2D eigenvalue weighted by Crippen LogP contribution is -2.32. The Labute approximate surface area is 145 Å². The fraction of sp³-hybridized carbons (Fsp3) is 0.263. The molecule has 0 aliphatic carbocycles. The van der Waals surface area contributed by atoms with Crippen molar-refractivity contribution in [3.63, 3.8) is 0 Å². The molecule has 0 saturated heterocycles. The third-order valence-corrected chi connectivity index (χ3v) is 5.44. The molecule has 0 fully saturated rings. The Bertz CT molecular complexity index is 818. The molecule has 0 amide bonds. The Morgan fingerprint density at radius 3 is 2.96 bits per heavy atom. The third kappa shape index (κ3) is 3.18. The minimum atomic E-state index is 0.379. The molecule has 24 heavy (non-hydrogen) atoms. The fourth-order valence-corrected chi connectivity index (χ4v) is 4.13. The molecule has 3 heterocycles. The average molecular weight is 337 g/mol. The SMILES string of the molecule is CC1c2ccsc2CCN1Cc1cccc(Oc2ncccn2)c1. The van der Waals surface area contributed by atoms with Crippen molar-refractivity contribution in [1.82, 2.24) is 14.9 Å². The van der Waals surface area contributed by atoms with Crippen molar-refractivity contribution >= 4 is 11.3 Å². The van der Waals surface area contributed by atoms with Gasteiger partial charge in [0, 0.05) is 36.4 Å². The van der Waals surface area contributed by atoms with Crippen LogP contribution in [0.5, 0.6) is 11.8 Å². The molecule has 0 radical (unpaired) electrons. The maximum Gasteiger partial charge on any atom is 0.321 e. The summed E-state index contributed by atoms with van der Waals surface area (Å²) in [5.41, 5.74) is 2.73. The number of hydrogen-bond acceptors (Lipinski definition) is 5. The summed E-state index contributed by atoms with van der Waals surface area (Å²) in [5.74, 6) is 0.777. The highest BCUT2D eigenvalue weighted by molar-refractivity contribution is 7.10. The highest BCUT2D eigenvalue weighted by Crippen LogP contribution is 2.34. The van der Waals surface area contributed by atoms with Crippen LogP contribution in [-0.2, 0) is 13.0 Å². The topological polar surface area (TPSA) is 38.2 Å². The molecule has 0 spiro atoms. The highest BCUT2D eigenvalue weighted by atomic mass is 32.1. The second-order valence-corrected chi connectivity index (χ2v) is 6.98. The number of ether oxygens (including phenoxy) is 1. The molecule has 3 aromatic rings. The van der Waals surface area contributed by atoms with E-state index in [2.05, 4.69) is 45.4 Å². The lowest BCUT2D eigenvalue weighted by Gasteiger charge is -2.33. The molecule has 1 unspecified atom stereocenters. The van der Waals surface area contributed by atoms with E-state index in [1.54, 1.807) is 18.5 Å². The van der Waals surface area contributed by atoms with Crippen LogP contribution < -0.4 is 4.74 Å². The molecule has 1 atom stereocenters. The lowest BCUT2D eigenvalue weighted by molar-refractivity contribution is 0.191. The van der Waals surface area contributed by atoms with Crippen LogP contribution in [-0.4, -0.2) is 21.4 Å². The Hall–Kier alpha value is -2.24. The van der Waals surface area contributed by atoms with Gasteiger partial charge in [-0.05, 0) is 54.1 Å². The Kier molecular flexibility index (Phi) is 4.28. The first-order chi connectivity index (χ1) is 11.8. The normalized spacial score (nSPS) is 17.5. The number of fused-ring (bicyclic) bond motifs is 1. The summed E-state index contributed by atoms with van der Waals surface area (Å²) >= 11 is 1.88. The first-order valence-corrected chi connectivity index (χ1v) is 9.02. The van der Waals surface area contributed by atoms with Crippen LogP contribution >= 0.6 is 11.3 Å². The van der Waals surface area contributed by atoms with E-state index < -0.39 is 0 Å². The predicted octanol–water partition coefficient (Wildman–Crippen LogP) is 4.45. The van der Waals surface area contributed by atoms with Gasteiger partial charge in [-0.25, -0.2) is 9.97 Å². The maximum atomic E-state index is 5.74. The van der Waals surface area contributed by atoms with E-state index >= 15 is 0 Å². The van der Waals surface area contributed by atoms with Crippen LogP contribution in [0.4, 0.5) is 0 Å². The maximum absolute atomic E-state index is 5.74. The van der Waals surface area contributed by atoms with E-state index in [-0.39, 0.29) is 0 Å². The van der Waals surface area contributed by atoms with Gasteiger partial charge in [-0.1, -0.05) is 12.1 Å². The number of hydrogen-bond donors (Lipinski definition) is 0. The lowest BCUT2D eigenvalue weighted by atomic mass is 10.0. The standard InChI is InChI=1S/C19H19N3OS/c1-14-17-7-11-24-18(17)6-10-22(14)13-15-4-2-5-16(12-15)23-19-20-8-3-9-21-19/h2-5,7-9,11-12,14H,6,10,13H2,1H3. The number of thiophene rings is 1. The van der Waals surface area contributed by atoms with Gasteiger partial charge < -0.3 is 4.74 Å². The predicted molar refractivity (Wildman–Crippen MR) is 95.4 cm³/mol. The van der Waals surface area contributed by atoms with E-state index in [0.29, 0.717) is 12.1 Å². The van der Waals surface area contributed by atoms with Crippen molar-refractivity contribution in [2.45, 2.75) is 25.9 Å². The van der Waals surface area contributed by atoms with Crippen molar-refractivity contribution < 1.29 is 4.74 Å². The Balaban J connectivity index is 1.48. The Morgan fingerprint density at radius 1 is 1.21 bits per heavy atom. The summed E-state index contributed by atoms with van der Waals surface area (Å²) in [6, 6.07) is 13.1. The van der Waals surface area contributed by atoms with E-state index in [1.807, 2.05) is 23.5 Å². The Morgan fingerprint density at radius 2 is 2.08 bits per heavy atom. The quantitative estimate of drug-likeness (QED) is 0.705. The smallest absolute Gasteiger partial charge is 0.321 e. The molecular weight excluding hydrogens is 318 g/mol. The molecule has 4 nitrogen and oxygen atoms in total. The summed E-state index contributed by atoms with van der Waals surface area (Å²) in [5, 5.41) is 2.21. The molecule has 0 N–H and O–H groups in total. The molecule has 2 aromatic heterocycles. The minimum Gasteiger partial charge on any atom is -0.424 e. The summed E-state index contributed by atoms with van der Waals surface area (Å²) in [6.45, 7) is 4.31. The van der Waals surface area contributed by atoms with Gasteiger partial charge in [0.25, 0.3) is 0 Å². The van der Waals surface area contributed by atoms with Gasteiger partial charge >= 0.3 is 6.01 Å². The second kappa shape index (κ2) is 6.71. The molecular formula is C19H19N3OS. The van der Waals surface area contributed by atoms with Crippen molar-refractivity contribution in [2.75, 3.05) is 6.54 Å². The van der Waals surface area contributed by atoms with Crippen LogP contribution in [0.1, 0.15) is 29.0 Å². The zero-order chi connectivity index (χ0) is 16.4. The summed E-state index contributed by atoms with van der Waals surface area (Å²) in [6.07, 6.45) is 4.51. The van der Waals surface area contributed by atoms with Gasteiger partial charge in [-0.3, -0.25) is 4.90 Å². The monoisotopic (exact) mass is 337 g/mol. The van der Waals surface area contributed by atoms with E-state index in [1.165, 1.54) is 16.0 Å². The van der Waals surface area contributed by atoms with E-state index in [4.69, 9.17) is 4.74 Å². The van der Waals surface area contributed by atoms with Gasteiger partial charge in [-0.15, -0.1) is 11.3 Å². The highest BCUT2D eigenvalue weighted by Gasteiger charge is 2.24. The molecule has 1 aliphatic rings. The van der Waals surface area contributed by atoms with Gasteiger partial charge in [0.05, 0.1) is 0 Å². The van der Waals surface area contributed by atoms with Gasteiger partial charge in [-0.2, -0.15) is 0 Å². The number of benzene rings is 1. The number of nitrogens with zero attached hydrogens (tertiary/aromatic N) is 3. The average Bonchev–Trinajstić information content (AvgIpc) is 3.08. The van der Waals surface area contributed by atoms with Crippen LogP contribution in [0.15, 0.2) is 54.2 Å². The van der Waals surface area contributed by atoms with Crippen LogP contribution in [0.3, 0.4) is 0 Å². The van der Waals surface area contributed by atoms with Crippen molar-refractivity contribution in [1.29, 1.82) is 0 Å². The molecule has 0 saturated carbocycles. The van der Waals surface area contributed by atoms with Gasteiger partial charge in [0.15, 0.2) is 0 Å². The summed E-state index contributed by atoms with van der Waals surface area (Å²) in [4.78, 5) is 12.3. The second-order valence-electron chi connectivity index (χ2n) is 5.98. The molecule has 5 heteroatoms.